The number of imidazole rings is 1. The summed E-state index contributed by atoms with van der Waals surface area (Å²) in [5.41, 5.74) is 1.98. The molecule has 1 aromatic heterocycles. The number of rotatable bonds is 8. The number of amides is 1. The highest BCUT2D eigenvalue weighted by Crippen LogP contribution is 2.24. The molecule has 0 aliphatic heterocycles. The van der Waals surface area contributed by atoms with Gasteiger partial charge in [0.25, 0.3) is 5.91 Å². The van der Waals surface area contributed by atoms with Gasteiger partial charge in [-0.3, -0.25) is 9.59 Å². The Morgan fingerprint density at radius 1 is 1.33 bits per heavy atom. The first-order chi connectivity index (χ1) is 11.5. The second-order valence-electron chi connectivity index (χ2n) is 5.71. The van der Waals surface area contributed by atoms with Crippen molar-refractivity contribution in [2.24, 2.45) is 0 Å². The van der Waals surface area contributed by atoms with E-state index < -0.39 is 5.97 Å². The van der Waals surface area contributed by atoms with Crippen molar-refractivity contribution in [1.82, 2.24) is 14.9 Å². The molecule has 2 rings (SSSR count). The van der Waals surface area contributed by atoms with E-state index in [2.05, 4.69) is 21.8 Å². The summed E-state index contributed by atoms with van der Waals surface area (Å²) in [6, 6.07) is 7.93. The number of para-hydroxylation sites is 2. The lowest BCUT2D eigenvalue weighted by atomic mass is 10.3. The monoisotopic (exact) mass is 349 g/mol. The minimum Gasteiger partial charge on any atom is -0.455 e. The van der Waals surface area contributed by atoms with E-state index in [1.54, 1.807) is 0 Å². The van der Waals surface area contributed by atoms with E-state index in [-0.39, 0.29) is 24.3 Å². The number of carbonyl (C=O) groups excluding carboxylic acids is 2. The number of hydrogen-bond acceptors (Lipinski definition) is 5. The molecule has 0 aliphatic carbocycles. The molecule has 0 unspecified atom stereocenters. The molecule has 0 bridgehead atoms. The number of hydrogen-bond donors (Lipinski definition) is 1. The first-order valence-corrected chi connectivity index (χ1v) is 9.03. The van der Waals surface area contributed by atoms with Crippen molar-refractivity contribution in [1.29, 1.82) is 0 Å². The van der Waals surface area contributed by atoms with E-state index in [1.165, 1.54) is 11.8 Å². The van der Waals surface area contributed by atoms with Crippen LogP contribution >= 0.6 is 11.8 Å². The Hall–Kier alpha value is -2.02. The Balaban J connectivity index is 1.94. The number of aromatic nitrogens is 2. The van der Waals surface area contributed by atoms with Gasteiger partial charge in [-0.05, 0) is 32.4 Å². The molecular weight excluding hydrogens is 326 g/mol. The first kappa shape index (κ1) is 18.3. The molecular formula is C17H23N3O3S. The summed E-state index contributed by atoms with van der Waals surface area (Å²) < 4.78 is 7.10. The normalized spacial score (nSPS) is 11.0. The fraction of sp³-hybridized carbons (Fsp3) is 0.471. The Bertz CT molecular complexity index is 712. The van der Waals surface area contributed by atoms with Crippen LogP contribution in [-0.4, -0.2) is 39.8 Å². The number of thioether (sulfide) groups is 1. The molecule has 0 fully saturated rings. The third-order valence-corrected chi connectivity index (χ3v) is 4.15. The predicted molar refractivity (Wildman–Crippen MR) is 95.0 cm³/mol. The highest BCUT2D eigenvalue weighted by Gasteiger charge is 2.14. The number of carbonyl (C=O) groups is 2. The van der Waals surface area contributed by atoms with Crippen LogP contribution in [0.15, 0.2) is 29.4 Å². The molecule has 0 radical (unpaired) electrons. The molecule has 0 saturated carbocycles. The van der Waals surface area contributed by atoms with Gasteiger partial charge in [0, 0.05) is 12.6 Å². The number of esters is 1. The van der Waals surface area contributed by atoms with Crippen LogP contribution in [0.4, 0.5) is 0 Å². The maximum Gasteiger partial charge on any atom is 0.316 e. The molecule has 1 heterocycles. The summed E-state index contributed by atoms with van der Waals surface area (Å²) in [7, 11) is 0. The number of ether oxygens (including phenoxy) is 1. The molecule has 2 aromatic rings. The van der Waals surface area contributed by atoms with E-state index in [0.29, 0.717) is 0 Å². The summed E-state index contributed by atoms with van der Waals surface area (Å²) in [4.78, 5) is 27.9. The van der Waals surface area contributed by atoms with Crippen molar-refractivity contribution >= 4 is 34.7 Å². The third kappa shape index (κ3) is 4.99. The summed E-state index contributed by atoms with van der Waals surface area (Å²) in [6.07, 6.45) is 0.980. The zero-order valence-corrected chi connectivity index (χ0v) is 15.1. The Kier molecular flexibility index (Phi) is 6.66. The highest BCUT2D eigenvalue weighted by atomic mass is 32.2. The van der Waals surface area contributed by atoms with Crippen LogP contribution in [-0.2, 0) is 20.9 Å². The quantitative estimate of drug-likeness (QED) is 0.586. The van der Waals surface area contributed by atoms with Crippen LogP contribution in [0.25, 0.3) is 11.0 Å². The zero-order valence-electron chi connectivity index (χ0n) is 14.2. The van der Waals surface area contributed by atoms with Gasteiger partial charge in [-0.25, -0.2) is 4.98 Å². The van der Waals surface area contributed by atoms with E-state index in [0.717, 1.165) is 29.2 Å². The van der Waals surface area contributed by atoms with Gasteiger partial charge in [-0.1, -0.05) is 30.8 Å². The fourth-order valence-corrected chi connectivity index (χ4v) is 3.12. The van der Waals surface area contributed by atoms with Crippen molar-refractivity contribution in [3.63, 3.8) is 0 Å². The molecule has 0 atom stereocenters. The zero-order chi connectivity index (χ0) is 17.5. The molecule has 0 spiro atoms. The van der Waals surface area contributed by atoms with Crippen molar-refractivity contribution in [2.45, 2.75) is 44.9 Å². The highest BCUT2D eigenvalue weighted by molar-refractivity contribution is 7.99. The maximum atomic E-state index is 11.8. The average molecular weight is 349 g/mol. The minimum atomic E-state index is -0.422. The molecule has 0 saturated heterocycles. The molecule has 7 heteroatoms. The molecule has 1 N–H and O–H groups in total. The number of aryl methyl sites for hydroxylation is 1. The van der Waals surface area contributed by atoms with E-state index in [9.17, 15) is 9.59 Å². The van der Waals surface area contributed by atoms with E-state index in [4.69, 9.17) is 4.74 Å². The van der Waals surface area contributed by atoms with Gasteiger partial charge in [0.2, 0.25) is 0 Å². The van der Waals surface area contributed by atoms with Gasteiger partial charge < -0.3 is 14.6 Å². The average Bonchev–Trinajstić information content (AvgIpc) is 2.89. The summed E-state index contributed by atoms with van der Waals surface area (Å²) >= 11 is 1.33. The molecule has 1 aromatic carbocycles. The van der Waals surface area contributed by atoms with Crippen LogP contribution in [0.1, 0.15) is 27.2 Å². The third-order valence-electron chi connectivity index (χ3n) is 3.20. The lowest BCUT2D eigenvalue weighted by molar-refractivity contribution is -0.146. The summed E-state index contributed by atoms with van der Waals surface area (Å²) in [5.74, 6) is -0.585. The lowest BCUT2D eigenvalue weighted by Gasteiger charge is -2.09. The van der Waals surface area contributed by atoms with Crippen molar-refractivity contribution in [3.05, 3.63) is 24.3 Å². The standard InChI is InChI=1S/C17H23N3O3S/c1-4-9-20-14-8-6-5-7-13(14)19-17(20)24-11-16(22)23-10-15(21)18-12(2)3/h5-8,12H,4,9-11H2,1-3H3,(H,18,21). The minimum absolute atomic E-state index is 0.0273. The largest absolute Gasteiger partial charge is 0.455 e. The first-order valence-electron chi connectivity index (χ1n) is 8.04. The van der Waals surface area contributed by atoms with Crippen LogP contribution in [0.3, 0.4) is 0 Å². The number of benzene rings is 1. The van der Waals surface area contributed by atoms with Gasteiger partial charge in [0.1, 0.15) is 0 Å². The van der Waals surface area contributed by atoms with Gasteiger partial charge in [0.15, 0.2) is 11.8 Å². The topological polar surface area (TPSA) is 73.2 Å². The summed E-state index contributed by atoms with van der Waals surface area (Å²) in [6.45, 7) is 6.41. The smallest absolute Gasteiger partial charge is 0.316 e. The van der Waals surface area contributed by atoms with Crippen LogP contribution in [0.5, 0.6) is 0 Å². The van der Waals surface area contributed by atoms with E-state index >= 15 is 0 Å². The lowest BCUT2D eigenvalue weighted by Crippen LogP contribution is -2.34. The Morgan fingerprint density at radius 2 is 2.08 bits per heavy atom. The molecule has 0 aliphatic rings. The Morgan fingerprint density at radius 3 is 2.79 bits per heavy atom. The number of nitrogens with zero attached hydrogens (tertiary/aromatic N) is 2. The fourth-order valence-electron chi connectivity index (χ4n) is 2.28. The van der Waals surface area contributed by atoms with Crippen LogP contribution in [0.2, 0.25) is 0 Å². The molecule has 130 valence electrons. The number of fused-ring (bicyclic) bond motifs is 1. The maximum absolute atomic E-state index is 11.8. The van der Waals surface area contributed by atoms with E-state index in [1.807, 2.05) is 38.1 Å². The van der Waals surface area contributed by atoms with Crippen molar-refractivity contribution in [2.75, 3.05) is 12.4 Å². The van der Waals surface area contributed by atoms with Gasteiger partial charge in [0.05, 0.1) is 16.8 Å². The second-order valence-corrected chi connectivity index (χ2v) is 6.65. The summed E-state index contributed by atoms with van der Waals surface area (Å²) in [5, 5.41) is 3.47. The number of nitrogens with one attached hydrogen (secondary N) is 1. The molecule has 6 nitrogen and oxygen atoms in total. The van der Waals surface area contributed by atoms with Crippen molar-refractivity contribution < 1.29 is 14.3 Å². The van der Waals surface area contributed by atoms with Crippen molar-refractivity contribution in [3.8, 4) is 0 Å². The van der Waals surface area contributed by atoms with Gasteiger partial charge >= 0.3 is 5.97 Å². The SMILES string of the molecule is CCCn1c(SCC(=O)OCC(=O)NC(C)C)nc2ccccc21. The Labute approximate surface area is 146 Å². The second kappa shape index (κ2) is 8.73. The molecule has 1 amide bonds. The van der Waals surface area contributed by atoms with Gasteiger partial charge in [-0.15, -0.1) is 0 Å². The van der Waals surface area contributed by atoms with Crippen LogP contribution in [0, 0.1) is 0 Å². The van der Waals surface area contributed by atoms with Crippen LogP contribution < -0.4 is 5.32 Å². The predicted octanol–water partition coefficient (Wildman–Crippen LogP) is 2.61. The van der Waals surface area contributed by atoms with Gasteiger partial charge in [-0.2, -0.15) is 0 Å². The molecule has 24 heavy (non-hydrogen) atoms.